The van der Waals surface area contributed by atoms with Crippen LogP contribution in [0.2, 0.25) is 0 Å². The number of carbonyl (C=O) groups is 2. The topological polar surface area (TPSA) is 37.4 Å². The van der Waals surface area contributed by atoms with Gasteiger partial charge in [-0.1, -0.05) is 12.2 Å². The monoisotopic (exact) mass is 181 g/mol. The first kappa shape index (κ1) is 9.96. The van der Waals surface area contributed by atoms with Crippen molar-refractivity contribution >= 4 is 11.7 Å². The lowest BCUT2D eigenvalue weighted by atomic mass is 10.2. The van der Waals surface area contributed by atoms with Gasteiger partial charge in [0.1, 0.15) is 5.78 Å². The fraction of sp³-hybridized carbons (Fsp3) is 0.600. The third-order valence-corrected chi connectivity index (χ3v) is 2.10. The van der Waals surface area contributed by atoms with Crippen molar-refractivity contribution in [3.8, 4) is 0 Å². The van der Waals surface area contributed by atoms with Crippen molar-refractivity contribution in [1.29, 1.82) is 0 Å². The third-order valence-electron chi connectivity index (χ3n) is 2.10. The summed E-state index contributed by atoms with van der Waals surface area (Å²) in [6.45, 7) is 3.02. The predicted octanol–water partition coefficient (Wildman–Crippen LogP) is 1.14. The lowest BCUT2D eigenvalue weighted by Gasteiger charge is -2.23. The number of hydrogen-bond donors (Lipinski definition) is 0. The fourth-order valence-corrected chi connectivity index (χ4v) is 1.31. The molecule has 0 spiro atoms. The molecule has 0 radical (unpaired) electrons. The molecule has 0 saturated carbocycles. The first-order chi connectivity index (χ1) is 6.20. The van der Waals surface area contributed by atoms with Crippen LogP contribution in [0.1, 0.15) is 26.2 Å². The Morgan fingerprint density at radius 1 is 1.31 bits per heavy atom. The van der Waals surface area contributed by atoms with Crippen molar-refractivity contribution < 1.29 is 9.59 Å². The van der Waals surface area contributed by atoms with E-state index in [4.69, 9.17) is 0 Å². The molecule has 0 aliphatic carbocycles. The van der Waals surface area contributed by atoms with Crippen LogP contribution in [0, 0.1) is 0 Å². The molecule has 0 aromatic heterocycles. The first-order valence-corrected chi connectivity index (χ1v) is 4.62. The minimum absolute atomic E-state index is 0.0842. The second kappa shape index (κ2) is 4.80. The van der Waals surface area contributed by atoms with Gasteiger partial charge in [0, 0.05) is 25.9 Å². The van der Waals surface area contributed by atoms with Gasteiger partial charge in [-0.15, -0.1) is 0 Å². The summed E-state index contributed by atoms with van der Waals surface area (Å²) >= 11 is 0. The highest BCUT2D eigenvalue weighted by atomic mass is 16.2. The quantitative estimate of drug-likeness (QED) is 0.612. The van der Waals surface area contributed by atoms with Gasteiger partial charge in [0.2, 0.25) is 5.91 Å². The number of amides is 1. The van der Waals surface area contributed by atoms with E-state index in [1.165, 1.54) is 6.92 Å². The van der Waals surface area contributed by atoms with Crippen molar-refractivity contribution in [3.63, 3.8) is 0 Å². The standard InChI is InChI=1S/C10H15NO2/c1-9(12)5-6-10(13)11-7-3-2-4-8-11/h2-3H,4-8H2,1H3. The van der Waals surface area contributed by atoms with Crippen LogP contribution in [-0.2, 0) is 9.59 Å². The predicted molar refractivity (Wildman–Crippen MR) is 50.3 cm³/mol. The summed E-state index contributed by atoms with van der Waals surface area (Å²) in [5, 5.41) is 0. The largest absolute Gasteiger partial charge is 0.339 e. The van der Waals surface area contributed by atoms with E-state index >= 15 is 0 Å². The van der Waals surface area contributed by atoms with Crippen LogP contribution >= 0.6 is 0 Å². The normalized spacial score (nSPS) is 15.9. The van der Waals surface area contributed by atoms with Crippen molar-refractivity contribution in [3.05, 3.63) is 12.2 Å². The van der Waals surface area contributed by atoms with Crippen LogP contribution in [0.5, 0.6) is 0 Å². The van der Waals surface area contributed by atoms with Crippen LogP contribution in [0.15, 0.2) is 12.2 Å². The van der Waals surface area contributed by atoms with Gasteiger partial charge in [-0.25, -0.2) is 0 Å². The Labute approximate surface area is 78.4 Å². The van der Waals surface area contributed by atoms with Crippen LogP contribution < -0.4 is 0 Å². The van der Waals surface area contributed by atoms with E-state index in [9.17, 15) is 9.59 Å². The average molecular weight is 181 g/mol. The Balaban J connectivity index is 2.30. The highest BCUT2D eigenvalue weighted by molar-refractivity contribution is 5.83. The second-order valence-electron chi connectivity index (χ2n) is 3.30. The molecule has 1 rings (SSSR count). The molecular weight excluding hydrogens is 166 g/mol. The van der Waals surface area contributed by atoms with E-state index in [1.54, 1.807) is 4.90 Å². The van der Waals surface area contributed by atoms with Crippen molar-refractivity contribution in [2.24, 2.45) is 0 Å². The molecule has 13 heavy (non-hydrogen) atoms. The van der Waals surface area contributed by atoms with E-state index in [0.717, 1.165) is 13.0 Å². The Bertz CT molecular complexity index is 233. The molecule has 0 bridgehead atoms. The summed E-state index contributed by atoms with van der Waals surface area (Å²) in [7, 11) is 0. The van der Waals surface area contributed by atoms with Crippen LogP contribution in [0.3, 0.4) is 0 Å². The minimum atomic E-state index is 0.0842. The molecule has 0 aromatic rings. The van der Waals surface area contributed by atoms with E-state index in [2.05, 4.69) is 6.08 Å². The Kier molecular flexibility index (Phi) is 3.68. The number of Topliss-reactive ketones (excluding diaryl/α,β-unsaturated/α-hetero) is 1. The minimum Gasteiger partial charge on any atom is -0.339 e. The third kappa shape index (κ3) is 3.40. The lowest BCUT2D eigenvalue weighted by molar-refractivity contribution is -0.132. The number of ketones is 1. The average Bonchev–Trinajstić information content (AvgIpc) is 2.15. The molecular formula is C10H15NO2. The Morgan fingerprint density at radius 3 is 2.62 bits per heavy atom. The van der Waals surface area contributed by atoms with Gasteiger partial charge in [-0.05, 0) is 13.3 Å². The molecule has 0 aromatic carbocycles. The van der Waals surface area contributed by atoms with Crippen molar-refractivity contribution in [1.82, 2.24) is 4.90 Å². The van der Waals surface area contributed by atoms with Crippen molar-refractivity contribution in [2.75, 3.05) is 13.1 Å². The molecule has 72 valence electrons. The zero-order valence-electron chi connectivity index (χ0n) is 7.95. The Hall–Kier alpha value is -1.12. The number of carbonyl (C=O) groups excluding carboxylic acids is 2. The summed E-state index contributed by atoms with van der Waals surface area (Å²) in [5.41, 5.74) is 0. The highest BCUT2D eigenvalue weighted by Crippen LogP contribution is 2.04. The first-order valence-electron chi connectivity index (χ1n) is 4.62. The Morgan fingerprint density at radius 2 is 2.08 bits per heavy atom. The zero-order chi connectivity index (χ0) is 9.68. The smallest absolute Gasteiger partial charge is 0.223 e. The van der Waals surface area contributed by atoms with Gasteiger partial charge in [-0.2, -0.15) is 0 Å². The molecule has 0 atom stereocenters. The number of nitrogens with zero attached hydrogens (tertiary/aromatic N) is 1. The molecule has 0 fully saturated rings. The number of rotatable bonds is 3. The molecule has 1 heterocycles. The van der Waals surface area contributed by atoms with Gasteiger partial charge in [0.05, 0.1) is 0 Å². The molecule has 3 nitrogen and oxygen atoms in total. The highest BCUT2D eigenvalue weighted by Gasteiger charge is 2.13. The van der Waals surface area contributed by atoms with Crippen LogP contribution in [-0.4, -0.2) is 29.7 Å². The molecule has 1 aliphatic heterocycles. The van der Waals surface area contributed by atoms with Crippen LogP contribution in [0.25, 0.3) is 0 Å². The molecule has 0 unspecified atom stereocenters. The SMILES string of the molecule is CC(=O)CCC(=O)N1CC=CCC1. The van der Waals surface area contributed by atoms with E-state index in [1.807, 2.05) is 6.08 Å². The van der Waals surface area contributed by atoms with Gasteiger partial charge in [0.15, 0.2) is 0 Å². The zero-order valence-corrected chi connectivity index (χ0v) is 7.95. The van der Waals surface area contributed by atoms with E-state index in [0.29, 0.717) is 19.4 Å². The van der Waals surface area contributed by atoms with E-state index < -0.39 is 0 Å². The van der Waals surface area contributed by atoms with Crippen LogP contribution in [0.4, 0.5) is 0 Å². The molecule has 0 N–H and O–H groups in total. The maximum Gasteiger partial charge on any atom is 0.223 e. The fourth-order valence-electron chi connectivity index (χ4n) is 1.31. The number of hydrogen-bond acceptors (Lipinski definition) is 2. The molecule has 1 aliphatic rings. The molecule has 0 saturated heterocycles. The summed E-state index contributed by atoms with van der Waals surface area (Å²) < 4.78 is 0. The summed E-state index contributed by atoms with van der Waals surface area (Å²) in [6.07, 6.45) is 5.75. The van der Waals surface area contributed by atoms with Gasteiger partial charge in [-0.3, -0.25) is 4.79 Å². The van der Waals surface area contributed by atoms with Crippen molar-refractivity contribution in [2.45, 2.75) is 26.2 Å². The lowest BCUT2D eigenvalue weighted by Crippen LogP contribution is -2.33. The summed E-state index contributed by atoms with van der Waals surface area (Å²) in [5.74, 6) is 0.181. The van der Waals surface area contributed by atoms with Gasteiger partial charge in [0.25, 0.3) is 0 Å². The summed E-state index contributed by atoms with van der Waals surface area (Å²) in [4.78, 5) is 23.9. The molecule has 3 heteroatoms. The van der Waals surface area contributed by atoms with Gasteiger partial charge < -0.3 is 9.69 Å². The maximum atomic E-state index is 11.4. The van der Waals surface area contributed by atoms with Gasteiger partial charge >= 0.3 is 0 Å². The second-order valence-corrected chi connectivity index (χ2v) is 3.30. The maximum absolute atomic E-state index is 11.4. The molecule has 1 amide bonds. The van der Waals surface area contributed by atoms with E-state index in [-0.39, 0.29) is 11.7 Å². The summed E-state index contributed by atoms with van der Waals surface area (Å²) in [6, 6.07) is 0.